The zero-order valence-corrected chi connectivity index (χ0v) is 15.4. The van der Waals surface area contributed by atoms with E-state index in [1.54, 1.807) is 12.3 Å². The summed E-state index contributed by atoms with van der Waals surface area (Å²) in [5, 5.41) is 10.8. The molecule has 1 aromatic rings. The van der Waals surface area contributed by atoms with E-state index in [4.69, 9.17) is 4.74 Å². The third kappa shape index (κ3) is 3.43. The van der Waals surface area contributed by atoms with Crippen molar-refractivity contribution in [1.29, 1.82) is 0 Å². The molecule has 0 unspecified atom stereocenters. The summed E-state index contributed by atoms with van der Waals surface area (Å²) >= 11 is 1.07. The number of morpholine rings is 1. The van der Waals surface area contributed by atoms with Crippen LogP contribution in [0.25, 0.3) is 0 Å². The van der Waals surface area contributed by atoms with Gasteiger partial charge in [0, 0.05) is 26.2 Å². The Bertz CT molecular complexity index is 769. The van der Waals surface area contributed by atoms with E-state index in [1.165, 1.54) is 15.3 Å². The van der Waals surface area contributed by atoms with Crippen molar-refractivity contribution in [2.45, 2.75) is 11.8 Å². The second-order valence-corrected chi connectivity index (χ2v) is 9.09. The number of carboxylic acids is 1. The van der Waals surface area contributed by atoms with Crippen molar-refractivity contribution in [2.75, 3.05) is 39.4 Å². The number of ether oxygens (including phenoxy) is 1. The number of amides is 1. The molecule has 2 aliphatic heterocycles. The predicted octanol–water partition coefficient (Wildman–Crippen LogP) is 0.562. The van der Waals surface area contributed by atoms with E-state index >= 15 is 0 Å². The van der Waals surface area contributed by atoms with Crippen molar-refractivity contribution in [2.24, 2.45) is 11.8 Å². The van der Waals surface area contributed by atoms with Gasteiger partial charge in [0.15, 0.2) is 0 Å². The summed E-state index contributed by atoms with van der Waals surface area (Å²) in [7, 11) is -3.77. The van der Waals surface area contributed by atoms with Gasteiger partial charge in [-0.25, -0.2) is 8.42 Å². The van der Waals surface area contributed by atoms with Crippen LogP contribution < -0.4 is 0 Å². The van der Waals surface area contributed by atoms with Crippen LogP contribution in [-0.2, 0) is 19.6 Å². The first kappa shape index (κ1) is 18.3. The molecule has 0 aliphatic carbocycles. The number of carbonyl (C=O) groups excluding carboxylic acids is 1. The molecule has 2 atom stereocenters. The maximum Gasteiger partial charge on any atom is 0.308 e. The SMILES string of the molecule is C[C@@H]1CN(C(=O)c2sccc2S(=O)(=O)N2CCOCC2)C[C@H]1C(=O)O. The Kier molecular flexibility index (Phi) is 5.14. The van der Waals surface area contributed by atoms with Crippen molar-refractivity contribution >= 4 is 33.2 Å². The molecule has 1 aromatic heterocycles. The second-order valence-electron chi connectivity index (χ2n) is 6.26. The lowest BCUT2D eigenvalue weighted by Crippen LogP contribution is -2.41. The van der Waals surface area contributed by atoms with E-state index in [0.29, 0.717) is 19.8 Å². The molecular formula is C15H20N2O6S2. The molecule has 138 valence electrons. The van der Waals surface area contributed by atoms with E-state index in [1.807, 2.05) is 0 Å². The van der Waals surface area contributed by atoms with Crippen molar-refractivity contribution in [3.8, 4) is 0 Å². The second kappa shape index (κ2) is 7.02. The number of nitrogens with zero attached hydrogens (tertiary/aromatic N) is 2. The van der Waals surface area contributed by atoms with Crippen LogP contribution in [-0.4, -0.2) is 74.0 Å². The highest BCUT2D eigenvalue weighted by atomic mass is 32.2. The highest BCUT2D eigenvalue weighted by Gasteiger charge is 2.39. The number of hydrogen-bond acceptors (Lipinski definition) is 6. The molecule has 3 rings (SSSR count). The minimum absolute atomic E-state index is 0.00386. The summed E-state index contributed by atoms with van der Waals surface area (Å²) in [6, 6.07) is 1.44. The van der Waals surface area contributed by atoms with Crippen LogP contribution in [0.2, 0.25) is 0 Å². The Morgan fingerprint density at radius 3 is 2.56 bits per heavy atom. The van der Waals surface area contributed by atoms with Gasteiger partial charge in [-0.15, -0.1) is 11.3 Å². The van der Waals surface area contributed by atoms with Crippen LogP contribution in [0.15, 0.2) is 16.3 Å². The fourth-order valence-electron chi connectivity index (χ4n) is 3.18. The van der Waals surface area contributed by atoms with Gasteiger partial charge >= 0.3 is 5.97 Å². The first-order chi connectivity index (χ1) is 11.8. The first-order valence-electron chi connectivity index (χ1n) is 8.00. The Labute approximate surface area is 150 Å². The Balaban J connectivity index is 1.84. The Hall–Kier alpha value is -1.49. The minimum Gasteiger partial charge on any atom is -0.481 e. The Morgan fingerprint density at radius 1 is 1.28 bits per heavy atom. The van der Waals surface area contributed by atoms with E-state index < -0.39 is 27.8 Å². The van der Waals surface area contributed by atoms with Crippen molar-refractivity contribution in [1.82, 2.24) is 9.21 Å². The van der Waals surface area contributed by atoms with Crippen LogP contribution in [0.3, 0.4) is 0 Å². The third-order valence-corrected chi connectivity index (χ3v) is 7.60. The highest BCUT2D eigenvalue weighted by molar-refractivity contribution is 7.89. The predicted molar refractivity (Wildman–Crippen MR) is 90.1 cm³/mol. The normalized spacial score (nSPS) is 25.2. The fraction of sp³-hybridized carbons (Fsp3) is 0.600. The molecule has 25 heavy (non-hydrogen) atoms. The lowest BCUT2D eigenvalue weighted by Gasteiger charge is -2.26. The van der Waals surface area contributed by atoms with Crippen molar-refractivity contribution in [3.05, 3.63) is 16.3 Å². The molecule has 0 radical (unpaired) electrons. The van der Waals surface area contributed by atoms with Gasteiger partial charge in [-0.1, -0.05) is 6.92 Å². The molecule has 0 aromatic carbocycles. The number of rotatable bonds is 4. The molecule has 1 amide bonds. The van der Waals surface area contributed by atoms with E-state index in [-0.39, 0.29) is 35.3 Å². The quantitative estimate of drug-likeness (QED) is 0.808. The number of sulfonamides is 1. The molecular weight excluding hydrogens is 368 g/mol. The van der Waals surface area contributed by atoms with Gasteiger partial charge in [0.2, 0.25) is 10.0 Å². The molecule has 0 spiro atoms. The summed E-state index contributed by atoms with van der Waals surface area (Å²) in [4.78, 5) is 25.6. The zero-order valence-electron chi connectivity index (χ0n) is 13.8. The largest absolute Gasteiger partial charge is 0.481 e. The van der Waals surface area contributed by atoms with Crippen LogP contribution >= 0.6 is 11.3 Å². The molecule has 2 fully saturated rings. The lowest BCUT2D eigenvalue weighted by atomic mass is 9.99. The molecule has 0 bridgehead atoms. The number of carboxylic acid groups (broad SMARTS) is 1. The number of likely N-dealkylation sites (tertiary alicyclic amines) is 1. The summed E-state index contributed by atoms with van der Waals surface area (Å²) in [6.45, 7) is 3.37. The average molecular weight is 388 g/mol. The maximum absolute atomic E-state index is 12.8. The number of thiophene rings is 1. The highest BCUT2D eigenvalue weighted by Crippen LogP contribution is 2.30. The van der Waals surface area contributed by atoms with Crippen LogP contribution in [0.4, 0.5) is 0 Å². The Morgan fingerprint density at radius 2 is 1.96 bits per heavy atom. The molecule has 1 N–H and O–H groups in total. The van der Waals surface area contributed by atoms with Gasteiger partial charge in [-0.05, 0) is 17.4 Å². The summed E-state index contributed by atoms with van der Waals surface area (Å²) in [5.41, 5.74) is 0. The van der Waals surface area contributed by atoms with E-state index in [2.05, 4.69) is 0 Å². The summed E-state index contributed by atoms with van der Waals surface area (Å²) in [5.74, 6) is -2.14. The van der Waals surface area contributed by atoms with Gasteiger partial charge in [-0.2, -0.15) is 4.31 Å². The fourth-order valence-corrected chi connectivity index (χ4v) is 5.95. The molecule has 2 aliphatic rings. The molecule has 3 heterocycles. The van der Waals surface area contributed by atoms with Gasteiger partial charge in [-0.3, -0.25) is 9.59 Å². The number of carbonyl (C=O) groups is 2. The third-order valence-electron chi connectivity index (χ3n) is 4.63. The van der Waals surface area contributed by atoms with Crippen molar-refractivity contribution in [3.63, 3.8) is 0 Å². The van der Waals surface area contributed by atoms with Gasteiger partial charge < -0.3 is 14.7 Å². The first-order valence-corrected chi connectivity index (χ1v) is 10.3. The van der Waals surface area contributed by atoms with Crippen LogP contribution in [0.5, 0.6) is 0 Å². The number of hydrogen-bond donors (Lipinski definition) is 1. The smallest absolute Gasteiger partial charge is 0.308 e. The van der Waals surface area contributed by atoms with E-state index in [9.17, 15) is 23.1 Å². The molecule has 0 saturated carbocycles. The summed E-state index contributed by atoms with van der Waals surface area (Å²) in [6.07, 6.45) is 0. The zero-order chi connectivity index (χ0) is 18.2. The standard InChI is InChI=1S/C15H20N2O6S2/c1-10-8-16(9-11(10)15(19)20)14(18)13-12(2-7-24-13)25(21,22)17-3-5-23-6-4-17/h2,7,10-11H,3-6,8-9H2,1H3,(H,19,20)/t10-,11-/m1/s1. The van der Waals surface area contributed by atoms with Crippen molar-refractivity contribution < 1.29 is 27.9 Å². The van der Waals surface area contributed by atoms with Gasteiger partial charge in [0.1, 0.15) is 9.77 Å². The van der Waals surface area contributed by atoms with Gasteiger partial charge in [0.05, 0.1) is 19.1 Å². The summed E-state index contributed by atoms with van der Waals surface area (Å²) < 4.78 is 32.2. The molecule has 2 saturated heterocycles. The average Bonchev–Trinajstić information content (AvgIpc) is 3.22. The van der Waals surface area contributed by atoms with Gasteiger partial charge in [0.25, 0.3) is 5.91 Å². The topological polar surface area (TPSA) is 104 Å². The minimum atomic E-state index is -3.77. The maximum atomic E-state index is 12.8. The van der Waals surface area contributed by atoms with Crippen LogP contribution in [0.1, 0.15) is 16.6 Å². The monoisotopic (exact) mass is 388 g/mol. The molecule has 10 heteroatoms. The number of aliphatic carboxylic acids is 1. The van der Waals surface area contributed by atoms with E-state index in [0.717, 1.165) is 11.3 Å². The molecule has 8 nitrogen and oxygen atoms in total. The van der Waals surface area contributed by atoms with Crippen LogP contribution in [0, 0.1) is 11.8 Å². The lowest BCUT2D eigenvalue weighted by molar-refractivity contribution is -0.142.